The van der Waals surface area contributed by atoms with Gasteiger partial charge in [0.05, 0.1) is 29.4 Å². The molecular weight excluding hydrogens is 559 g/mol. The van der Waals surface area contributed by atoms with Gasteiger partial charge >= 0.3 is 0 Å². The van der Waals surface area contributed by atoms with Crippen LogP contribution < -0.4 is 25.6 Å². The predicted octanol–water partition coefficient (Wildman–Crippen LogP) is 6.15. The van der Waals surface area contributed by atoms with Crippen molar-refractivity contribution in [3.8, 4) is 11.8 Å². The Kier molecular flexibility index (Phi) is 9.92. The van der Waals surface area contributed by atoms with Crippen LogP contribution in [0.3, 0.4) is 0 Å². The first-order valence-corrected chi connectivity index (χ1v) is 15.1. The summed E-state index contributed by atoms with van der Waals surface area (Å²) >= 11 is 0. The zero-order valence-corrected chi connectivity index (χ0v) is 25.2. The molecule has 0 saturated carbocycles. The van der Waals surface area contributed by atoms with E-state index in [-0.39, 0.29) is 23.5 Å². The summed E-state index contributed by atoms with van der Waals surface area (Å²) < 4.78 is 19.5. The number of nitriles is 1. The highest BCUT2D eigenvalue weighted by molar-refractivity contribution is 6.02. The SMILES string of the molecule is C=CC(=O)Nc1cc(N2CCC(N3CCC(F)CC3)CC2)ccc1Nc1ncc(C#N)c(Nc2ccccc2OC(C)C)n1. The van der Waals surface area contributed by atoms with E-state index >= 15 is 0 Å². The average molecular weight is 599 g/mol. The quantitative estimate of drug-likeness (QED) is 0.236. The molecule has 0 aliphatic carbocycles. The third-order valence-corrected chi connectivity index (χ3v) is 7.91. The van der Waals surface area contributed by atoms with Gasteiger partial charge < -0.3 is 30.5 Å². The molecule has 2 aliphatic heterocycles. The molecule has 0 bridgehead atoms. The monoisotopic (exact) mass is 598 g/mol. The Morgan fingerprint density at radius 2 is 1.82 bits per heavy atom. The molecule has 2 aromatic carbocycles. The zero-order chi connectivity index (χ0) is 31.1. The number of benzene rings is 2. The van der Waals surface area contributed by atoms with Crippen LogP contribution in [-0.2, 0) is 4.79 Å². The number of anilines is 6. The van der Waals surface area contributed by atoms with E-state index in [9.17, 15) is 14.4 Å². The molecule has 44 heavy (non-hydrogen) atoms. The third-order valence-electron chi connectivity index (χ3n) is 7.91. The summed E-state index contributed by atoms with van der Waals surface area (Å²) in [5.41, 5.74) is 3.06. The zero-order valence-electron chi connectivity index (χ0n) is 25.2. The van der Waals surface area contributed by atoms with Gasteiger partial charge in [-0.3, -0.25) is 4.79 Å². The van der Waals surface area contributed by atoms with Gasteiger partial charge in [0.25, 0.3) is 0 Å². The lowest BCUT2D eigenvalue weighted by molar-refractivity contribution is -0.111. The number of amides is 1. The molecule has 2 saturated heterocycles. The number of alkyl halides is 1. The Hall–Kier alpha value is -4.69. The molecule has 0 radical (unpaired) electrons. The summed E-state index contributed by atoms with van der Waals surface area (Å²) in [6, 6.07) is 15.9. The Labute approximate surface area is 257 Å². The molecule has 0 unspecified atom stereocenters. The topological polar surface area (TPSA) is 118 Å². The highest BCUT2D eigenvalue weighted by Gasteiger charge is 2.28. The molecule has 10 nitrogen and oxygen atoms in total. The van der Waals surface area contributed by atoms with Crippen LogP contribution in [0.15, 0.2) is 61.3 Å². The van der Waals surface area contributed by atoms with Crippen LogP contribution in [-0.4, -0.2) is 65.3 Å². The summed E-state index contributed by atoms with van der Waals surface area (Å²) in [6.07, 6.45) is 5.23. The summed E-state index contributed by atoms with van der Waals surface area (Å²) in [5.74, 6) is 0.855. The van der Waals surface area contributed by atoms with Crippen LogP contribution >= 0.6 is 0 Å². The second kappa shape index (κ2) is 14.2. The largest absolute Gasteiger partial charge is 0.489 e. The number of rotatable bonds is 10. The van der Waals surface area contributed by atoms with Crippen molar-refractivity contribution in [3.05, 3.63) is 66.9 Å². The van der Waals surface area contributed by atoms with Gasteiger partial charge in [0.15, 0.2) is 5.82 Å². The first-order valence-electron chi connectivity index (χ1n) is 15.1. The lowest BCUT2D eigenvalue weighted by atomic mass is 9.99. The molecule has 2 fully saturated rings. The highest BCUT2D eigenvalue weighted by Crippen LogP contribution is 2.33. The Bertz CT molecular complexity index is 1510. The first-order chi connectivity index (χ1) is 21.3. The third kappa shape index (κ3) is 7.63. The number of nitrogens with zero attached hydrogens (tertiary/aromatic N) is 5. The van der Waals surface area contributed by atoms with Crippen molar-refractivity contribution in [2.75, 3.05) is 47.0 Å². The minimum absolute atomic E-state index is 0.0326. The maximum Gasteiger partial charge on any atom is 0.247 e. The van der Waals surface area contributed by atoms with Crippen molar-refractivity contribution in [2.24, 2.45) is 0 Å². The maximum atomic E-state index is 13.6. The van der Waals surface area contributed by atoms with Crippen molar-refractivity contribution >= 4 is 40.4 Å². The molecule has 230 valence electrons. The molecule has 3 N–H and O–H groups in total. The number of halogens is 1. The van der Waals surface area contributed by atoms with Crippen LogP contribution in [0.5, 0.6) is 5.75 Å². The van der Waals surface area contributed by atoms with Gasteiger partial charge in [-0.2, -0.15) is 10.2 Å². The predicted molar refractivity (Wildman–Crippen MR) is 172 cm³/mol. The molecule has 1 amide bonds. The molecule has 2 aliphatic rings. The van der Waals surface area contributed by atoms with Gasteiger partial charge in [0, 0.05) is 37.9 Å². The number of hydrogen-bond acceptors (Lipinski definition) is 9. The van der Waals surface area contributed by atoms with E-state index in [4.69, 9.17) is 4.74 Å². The normalized spacial score (nSPS) is 16.3. The van der Waals surface area contributed by atoms with E-state index < -0.39 is 6.17 Å². The van der Waals surface area contributed by atoms with Crippen molar-refractivity contribution < 1.29 is 13.9 Å². The second-order valence-electron chi connectivity index (χ2n) is 11.3. The number of ether oxygens (including phenoxy) is 1. The lowest BCUT2D eigenvalue weighted by Gasteiger charge is -2.41. The Balaban J connectivity index is 1.34. The van der Waals surface area contributed by atoms with Gasteiger partial charge in [-0.1, -0.05) is 18.7 Å². The lowest BCUT2D eigenvalue weighted by Crippen LogP contribution is -2.48. The van der Waals surface area contributed by atoms with Crippen molar-refractivity contribution in [2.45, 2.75) is 57.8 Å². The minimum atomic E-state index is -0.666. The van der Waals surface area contributed by atoms with Crippen molar-refractivity contribution in [3.63, 3.8) is 0 Å². The fraction of sp³-hybridized carbons (Fsp3) is 0.394. The molecule has 3 heterocycles. The summed E-state index contributed by atoms with van der Waals surface area (Å²) in [6.45, 7) is 10.9. The fourth-order valence-electron chi connectivity index (χ4n) is 5.64. The molecule has 1 aromatic heterocycles. The standard InChI is InChI=1S/C33H39FN8O2/c1-4-31(43)37-29-19-26(42-17-13-25(14-18-42)41-15-11-24(34)12-16-41)9-10-27(29)39-33-36-21-23(20-35)32(40-33)38-28-7-5-6-8-30(28)44-22(2)3/h4-10,19,21-22,24-25H,1,11-18H2,2-3H3,(H,37,43)(H2,36,38,39,40). The number of piperidine rings is 2. The van der Waals surface area contributed by atoms with Crippen LogP contribution in [0.1, 0.15) is 45.1 Å². The number of aromatic nitrogens is 2. The molecule has 5 rings (SSSR count). The van der Waals surface area contributed by atoms with Gasteiger partial charge in [0.2, 0.25) is 11.9 Å². The van der Waals surface area contributed by atoms with Crippen molar-refractivity contribution in [1.29, 1.82) is 5.26 Å². The average Bonchev–Trinajstić information content (AvgIpc) is 3.03. The second-order valence-corrected chi connectivity index (χ2v) is 11.3. The van der Waals surface area contributed by atoms with Crippen LogP contribution in [0, 0.1) is 11.3 Å². The Morgan fingerprint density at radius 3 is 2.52 bits per heavy atom. The molecule has 11 heteroatoms. The summed E-state index contributed by atoms with van der Waals surface area (Å²) in [7, 11) is 0. The van der Waals surface area contributed by atoms with E-state index in [2.05, 4.69) is 48.4 Å². The van der Waals surface area contributed by atoms with Crippen LogP contribution in [0.2, 0.25) is 0 Å². The first kappa shape index (κ1) is 30.8. The summed E-state index contributed by atoms with van der Waals surface area (Å²) in [4.78, 5) is 26.0. The molecule has 3 aromatic rings. The van der Waals surface area contributed by atoms with E-state index in [1.54, 1.807) is 0 Å². The number of likely N-dealkylation sites (tertiary alicyclic amines) is 1. The van der Waals surface area contributed by atoms with Gasteiger partial charge in [-0.25, -0.2) is 9.37 Å². The van der Waals surface area contributed by atoms with Gasteiger partial charge in [0.1, 0.15) is 23.6 Å². The number of carbonyl (C=O) groups excluding carboxylic acids is 1. The van der Waals surface area contributed by atoms with Crippen LogP contribution in [0.25, 0.3) is 0 Å². The van der Waals surface area contributed by atoms with Gasteiger partial charge in [-0.15, -0.1) is 0 Å². The number of hydrogen-bond donors (Lipinski definition) is 3. The minimum Gasteiger partial charge on any atom is -0.489 e. The van der Waals surface area contributed by atoms with Crippen molar-refractivity contribution in [1.82, 2.24) is 14.9 Å². The fourth-order valence-corrected chi connectivity index (χ4v) is 5.64. The molecular formula is C33H39FN8O2. The number of carbonyl (C=O) groups is 1. The van der Waals surface area contributed by atoms with E-state index in [1.807, 2.05) is 56.3 Å². The molecule has 0 atom stereocenters. The Morgan fingerprint density at radius 1 is 1.07 bits per heavy atom. The number of nitrogens with one attached hydrogen (secondary N) is 3. The van der Waals surface area contributed by atoms with E-state index in [0.29, 0.717) is 47.5 Å². The van der Waals surface area contributed by atoms with Crippen LogP contribution in [0.4, 0.5) is 38.9 Å². The highest BCUT2D eigenvalue weighted by atomic mass is 19.1. The maximum absolute atomic E-state index is 13.6. The van der Waals surface area contributed by atoms with Gasteiger partial charge in [-0.05, 0) is 75.9 Å². The summed E-state index contributed by atoms with van der Waals surface area (Å²) in [5, 5.41) is 19.0. The van der Waals surface area contributed by atoms with E-state index in [0.717, 1.165) is 44.7 Å². The smallest absolute Gasteiger partial charge is 0.247 e. The number of para-hydroxylation sites is 2. The molecule has 0 spiro atoms. The van der Waals surface area contributed by atoms with E-state index in [1.165, 1.54) is 12.3 Å².